The summed E-state index contributed by atoms with van der Waals surface area (Å²) in [6, 6.07) is 6.28. The minimum absolute atomic E-state index is 0.000293. The maximum Gasteiger partial charge on any atom is 0.255 e. The second-order valence-electron chi connectivity index (χ2n) is 7.04. The molecule has 2 fully saturated rings. The van der Waals surface area contributed by atoms with Crippen molar-refractivity contribution >= 4 is 5.78 Å². The Morgan fingerprint density at radius 3 is 2.65 bits per heavy atom. The smallest absolute Gasteiger partial charge is 0.255 e. The van der Waals surface area contributed by atoms with Crippen LogP contribution in [0.1, 0.15) is 23.3 Å². The second-order valence-corrected chi connectivity index (χ2v) is 7.04. The normalized spacial score (nSPS) is 25.2. The predicted octanol–water partition coefficient (Wildman–Crippen LogP) is 2.29. The summed E-state index contributed by atoms with van der Waals surface area (Å²) >= 11 is 0. The zero-order valence-electron chi connectivity index (χ0n) is 14.2. The molecule has 0 aromatic carbocycles. The van der Waals surface area contributed by atoms with Gasteiger partial charge in [-0.05, 0) is 48.9 Å². The topological polar surface area (TPSA) is 75.6 Å². The van der Waals surface area contributed by atoms with Gasteiger partial charge in [0, 0.05) is 19.3 Å². The first-order valence-corrected chi connectivity index (χ1v) is 8.76. The van der Waals surface area contributed by atoms with Gasteiger partial charge in [0.2, 0.25) is 0 Å². The Morgan fingerprint density at radius 1 is 1.23 bits per heavy atom. The highest BCUT2D eigenvalue weighted by Crippen LogP contribution is 2.39. The van der Waals surface area contributed by atoms with Crippen molar-refractivity contribution in [2.75, 3.05) is 19.6 Å². The molecule has 0 radical (unpaired) electrons. The van der Waals surface area contributed by atoms with Crippen LogP contribution in [-0.2, 0) is 0 Å². The molecule has 26 heavy (non-hydrogen) atoms. The lowest BCUT2D eigenvalue weighted by atomic mass is 10.0. The average molecular weight is 357 g/mol. The van der Waals surface area contributed by atoms with Gasteiger partial charge >= 0.3 is 0 Å². The third-order valence-corrected chi connectivity index (χ3v) is 5.20. The van der Waals surface area contributed by atoms with E-state index in [1.54, 1.807) is 18.2 Å². The number of fused-ring (bicyclic) bond motifs is 1. The van der Waals surface area contributed by atoms with Gasteiger partial charge in [0.25, 0.3) is 5.95 Å². The third kappa shape index (κ3) is 3.53. The molecule has 2 aromatic heterocycles. The van der Waals surface area contributed by atoms with Gasteiger partial charge in [0.15, 0.2) is 11.5 Å². The van der Waals surface area contributed by atoms with Gasteiger partial charge in [0.1, 0.15) is 11.4 Å². The van der Waals surface area contributed by atoms with E-state index in [2.05, 4.69) is 14.9 Å². The summed E-state index contributed by atoms with van der Waals surface area (Å²) in [6.45, 7) is 2.00. The number of aromatic hydroxyl groups is 1. The lowest BCUT2D eigenvalue weighted by molar-refractivity contribution is 0.0931. The zero-order chi connectivity index (χ0) is 18.1. The fourth-order valence-electron chi connectivity index (χ4n) is 4.04. The largest absolute Gasteiger partial charge is 0.506 e. The molecule has 0 spiro atoms. The number of ketones is 1. The fourth-order valence-corrected chi connectivity index (χ4v) is 4.04. The molecular weight excluding hydrogens is 337 g/mol. The van der Waals surface area contributed by atoms with Crippen LogP contribution in [0.3, 0.4) is 0 Å². The van der Waals surface area contributed by atoms with Crippen LogP contribution in [0.15, 0.2) is 36.7 Å². The van der Waals surface area contributed by atoms with Gasteiger partial charge < -0.3 is 9.84 Å². The number of nitrogens with zero attached hydrogens (tertiary/aromatic N) is 3. The first-order valence-electron chi connectivity index (χ1n) is 8.76. The standard InChI is InChI=1S/C19H20FN3O3/c20-19-18(2-1-5-21-19)26-15-6-12-9-23(10-13(12)7-15)11-17(25)16-4-3-14(24)8-22-16/h1-5,8,12-13,15,24H,6-7,9-11H2/t12-,13+,15?. The van der Waals surface area contributed by atoms with Crippen molar-refractivity contribution in [3.05, 3.63) is 48.3 Å². The number of pyridine rings is 2. The Labute approximate surface area is 150 Å². The Balaban J connectivity index is 1.30. The van der Waals surface area contributed by atoms with E-state index in [0.29, 0.717) is 24.1 Å². The summed E-state index contributed by atoms with van der Waals surface area (Å²) < 4.78 is 19.4. The molecule has 2 aromatic rings. The van der Waals surface area contributed by atoms with E-state index in [9.17, 15) is 14.3 Å². The summed E-state index contributed by atoms with van der Waals surface area (Å²) in [7, 11) is 0. The summed E-state index contributed by atoms with van der Waals surface area (Å²) in [6.07, 6.45) is 4.41. The monoisotopic (exact) mass is 357 g/mol. The molecule has 4 rings (SSSR count). The van der Waals surface area contributed by atoms with Crippen molar-refractivity contribution in [2.24, 2.45) is 11.8 Å². The molecule has 2 aliphatic rings. The van der Waals surface area contributed by atoms with Crippen LogP contribution >= 0.6 is 0 Å². The Bertz CT molecular complexity index is 785. The van der Waals surface area contributed by atoms with Crippen LogP contribution in [0, 0.1) is 17.8 Å². The van der Waals surface area contributed by atoms with Gasteiger partial charge in [0.05, 0.1) is 18.8 Å². The van der Waals surface area contributed by atoms with Crippen molar-refractivity contribution in [1.82, 2.24) is 14.9 Å². The first kappa shape index (κ1) is 16.9. The molecule has 1 N–H and O–H groups in total. The van der Waals surface area contributed by atoms with Crippen LogP contribution in [-0.4, -0.2) is 51.5 Å². The number of ether oxygens (including phenoxy) is 1. The molecule has 1 saturated heterocycles. The number of hydrogen-bond acceptors (Lipinski definition) is 6. The molecule has 3 atom stereocenters. The van der Waals surface area contributed by atoms with Crippen LogP contribution < -0.4 is 4.74 Å². The van der Waals surface area contributed by atoms with Crippen molar-refractivity contribution in [3.63, 3.8) is 0 Å². The minimum Gasteiger partial charge on any atom is -0.506 e. The first-order chi connectivity index (χ1) is 12.6. The molecule has 6 nitrogen and oxygen atoms in total. The van der Waals surface area contributed by atoms with E-state index in [0.717, 1.165) is 25.9 Å². The highest BCUT2D eigenvalue weighted by Gasteiger charge is 2.42. The molecule has 7 heteroatoms. The van der Waals surface area contributed by atoms with E-state index in [4.69, 9.17) is 4.74 Å². The predicted molar refractivity (Wildman–Crippen MR) is 91.5 cm³/mol. The molecular formula is C19H20FN3O3. The average Bonchev–Trinajstić information content (AvgIpc) is 3.15. The van der Waals surface area contributed by atoms with Crippen LogP contribution in [0.4, 0.5) is 4.39 Å². The molecule has 1 aliphatic carbocycles. The highest BCUT2D eigenvalue weighted by molar-refractivity contribution is 5.95. The summed E-state index contributed by atoms with van der Waals surface area (Å²) in [5, 5.41) is 9.26. The number of carbonyl (C=O) groups is 1. The fraction of sp³-hybridized carbons (Fsp3) is 0.421. The van der Waals surface area contributed by atoms with Gasteiger partial charge in [-0.3, -0.25) is 9.69 Å². The molecule has 1 unspecified atom stereocenters. The van der Waals surface area contributed by atoms with Crippen molar-refractivity contribution < 1.29 is 19.0 Å². The van der Waals surface area contributed by atoms with E-state index in [-0.39, 0.29) is 23.4 Å². The Hall–Kier alpha value is -2.54. The molecule has 1 saturated carbocycles. The van der Waals surface area contributed by atoms with E-state index in [1.165, 1.54) is 18.5 Å². The Kier molecular flexibility index (Phi) is 4.55. The van der Waals surface area contributed by atoms with Crippen molar-refractivity contribution in [3.8, 4) is 11.5 Å². The minimum atomic E-state index is -0.571. The number of rotatable bonds is 5. The molecule has 0 amide bonds. The number of carbonyl (C=O) groups excluding carboxylic acids is 1. The second kappa shape index (κ2) is 6.99. The summed E-state index contributed by atoms with van der Waals surface area (Å²) in [4.78, 5) is 22.0. The van der Waals surface area contributed by atoms with Gasteiger partial charge in [-0.25, -0.2) is 9.97 Å². The number of Topliss-reactive ketones (excluding diaryl/α,β-unsaturated/α-hetero) is 1. The van der Waals surface area contributed by atoms with E-state index >= 15 is 0 Å². The van der Waals surface area contributed by atoms with E-state index < -0.39 is 5.95 Å². The zero-order valence-corrected chi connectivity index (χ0v) is 14.2. The molecule has 136 valence electrons. The molecule has 1 aliphatic heterocycles. The van der Waals surface area contributed by atoms with Crippen LogP contribution in [0.2, 0.25) is 0 Å². The highest BCUT2D eigenvalue weighted by atomic mass is 19.1. The van der Waals surface area contributed by atoms with Gasteiger partial charge in [-0.15, -0.1) is 0 Å². The van der Waals surface area contributed by atoms with Crippen LogP contribution in [0.25, 0.3) is 0 Å². The maximum absolute atomic E-state index is 13.6. The van der Waals surface area contributed by atoms with Crippen LogP contribution in [0.5, 0.6) is 11.5 Å². The SMILES string of the molecule is O=C(CN1C[C@H]2CC(Oc3cccnc3F)C[C@H]2C1)c1ccc(O)cn1. The number of likely N-dealkylation sites (tertiary alicyclic amines) is 1. The van der Waals surface area contributed by atoms with Gasteiger partial charge in [-0.1, -0.05) is 0 Å². The summed E-state index contributed by atoms with van der Waals surface area (Å²) in [5.74, 6) is 0.560. The number of halogens is 1. The third-order valence-electron chi connectivity index (χ3n) is 5.20. The van der Waals surface area contributed by atoms with Crippen molar-refractivity contribution in [2.45, 2.75) is 18.9 Å². The molecule has 0 bridgehead atoms. The molecule has 3 heterocycles. The van der Waals surface area contributed by atoms with Crippen molar-refractivity contribution in [1.29, 1.82) is 0 Å². The summed E-state index contributed by atoms with van der Waals surface area (Å²) in [5.41, 5.74) is 0.369. The Morgan fingerprint density at radius 2 is 2.00 bits per heavy atom. The lowest BCUT2D eigenvalue weighted by Crippen LogP contribution is -2.30. The lowest BCUT2D eigenvalue weighted by Gasteiger charge is -2.19. The maximum atomic E-state index is 13.6. The van der Waals surface area contributed by atoms with E-state index in [1.807, 2.05) is 0 Å². The quantitative estimate of drug-likeness (QED) is 0.654. The number of hydrogen-bond donors (Lipinski definition) is 1. The van der Waals surface area contributed by atoms with Gasteiger partial charge in [-0.2, -0.15) is 4.39 Å². The number of aromatic nitrogens is 2.